The lowest BCUT2D eigenvalue weighted by Gasteiger charge is -2.23. The number of ether oxygens (including phenoxy) is 3. The van der Waals surface area contributed by atoms with Gasteiger partial charge in [-0.05, 0) is 31.0 Å². The lowest BCUT2D eigenvalue weighted by Crippen LogP contribution is -2.23. The van der Waals surface area contributed by atoms with Gasteiger partial charge in [-0.2, -0.15) is 0 Å². The van der Waals surface area contributed by atoms with E-state index in [-0.39, 0.29) is 11.9 Å². The number of rotatable bonds is 5. The Kier molecular flexibility index (Phi) is 4.76. The molecule has 19 heavy (non-hydrogen) atoms. The van der Waals surface area contributed by atoms with E-state index in [1.165, 1.54) is 0 Å². The number of methoxy groups -OCH3 is 1. The molecule has 1 aliphatic heterocycles. The first kappa shape index (κ1) is 13.8. The molecular weight excluding hydrogens is 244 g/mol. The van der Waals surface area contributed by atoms with Gasteiger partial charge in [0.1, 0.15) is 11.6 Å². The fourth-order valence-corrected chi connectivity index (χ4v) is 2.11. The molecule has 0 spiro atoms. The molecule has 0 bridgehead atoms. The Balaban J connectivity index is 2.04. The van der Waals surface area contributed by atoms with E-state index in [9.17, 15) is 0 Å². The summed E-state index contributed by atoms with van der Waals surface area (Å²) in [6.45, 7) is 1.99. The van der Waals surface area contributed by atoms with E-state index in [1.807, 2.05) is 12.1 Å². The van der Waals surface area contributed by atoms with Crippen molar-refractivity contribution in [3.63, 3.8) is 0 Å². The summed E-state index contributed by atoms with van der Waals surface area (Å²) in [5.41, 5.74) is 7.10. The maximum atomic E-state index is 7.47. The molecule has 5 nitrogen and oxygen atoms in total. The minimum Gasteiger partial charge on any atom is -0.496 e. The summed E-state index contributed by atoms with van der Waals surface area (Å²) in [4.78, 5) is 0. The van der Waals surface area contributed by atoms with Crippen molar-refractivity contribution in [3.8, 4) is 5.75 Å². The van der Waals surface area contributed by atoms with Crippen molar-refractivity contribution in [3.05, 3.63) is 29.3 Å². The van der Waals surface area contributed by atoms with Crippen molar-refractivity contribution in [2.75, 3.05) is 20.3 Å². The fourth-order valence-electron chi connectivity index (χ4n) is 2.11. The first-order valence-electron chi connectivity index (χ1n) is 6.41. The van der Waals surface area contributed by atoms with E-state index in [0.29, 0.717) is 12.2 Å². The predicted octanol–water partition coefficient (Wildman–Crippen LogP) is 1.67. The highest BCUT2D eigenvalue weighted by Gasteiger charge is 2.15. The van der Waals surface area contributed by atoms with E-state index in [0.717, 1.165) is 37.4 Å². The quantitative estimate of drug-likeness (QED) is 0.626. The molecule has 1 aromatic rings. The van der Waals surface area contributed by atoms with E-state index >= 15 is 0 Å². The van der Waals surface area contributed by atoms with Crippen LogP contribution in [0.1, 0.15) is 24.0 Å². The van der Waals surface area contributed by atoms with Crippen LogP contribution in [0.15, 0.2) is 18.2 Å². The summed E-state index contributed by atoms with van der Waals surface area (Å²) in [6, 6.07) is 5.44. The number of amidine groups is 1. The topological polar surface area (TPSA) is 77.6 Å². The maximum absolute atomic E-state index is 7.47. The molecule has 0 unspecified atom stereocenters. The molecule has 5 heteroatoms. The zero-order valence-corrected chi connectivity index (χ0v) is 11.1. The van der Waals surface area contributed by atoms with Crippen LogP contribution in [-0.2, 0) is 16.1 Å². The molecule has 1 aromatic carbocycles. The molecule has 104 valence electrons. The third-order valence-electron chi connectivity index (χ3n) is 3.23. The van der Waals surface area contributed by atoms with Crippen LogP contribution in [0.25, 0.3) is 0 Å². The van der Waals surface area contributed by atoms with Crippen molar-refractivity contribution in [1.29, 1.82) is 5.41 Å². The lowest BCUT2D eigenvalue weighted by atomic mass is 10.1. The molecule has 1 aliphatic rings. The zero-order chi connectivity index (χ0) is 13.7. The second kappa shape index (κ2) is 6.54. The number of benzene rings is 1. The predicted molar refractivity (Wildman–Crippen MR) is 72.6 cm³/mol. The first-order chi connectivity index (χ1) is 9.20. The van der Waals surface area contributed by atoms with Gasteiger partial charge in [-0.3, -0.25) is 5.41 Å². The number of nitrogen functional groups attached to an aromatic ring is 1. The lowest BCUT2D eigenvalue weighted by molar-refractivity contribution is -0.0394. The molecule has 3 N–H and O–H groups in total. The van der Waals surface area contributed by atoms with Gasteiger partial charge in [0.15, 0.2) is 0 Å². The van der Waals surface area contributed by atoms with Gasteiger partial charge in [0.05, 0.1) is 19.8 Å². The van der Waals surface area contributed by atoms with Crippen LogP contribution in [0, 0.1) is 5.41 Å². The fraction of sp³-hybridized carbons (Fsp3) is 0.500. The van der Waals surface area contributed by atoms with Crippen LogP contribution in [0.5, 0.6) is 5.75 Å². The van der Waals surface area contributed by atoms with Crippen molar-refractivity contribution in [2.24, 2.45) is 5.73 Å². The average molecular weight is 264 g/mol. The molecule has 0 amide bonds. The van der Waals surface area contributed by atoms with Gasteiger partial charge in [0.25, 0.3) is 0 Å². The third-order valence-corrected chi connectivity index (χ3v) is 3.23. The van der Waals surface area contributed by atoms with Gasteiger partial charge in [0, 0.05) is 24.3 Å². The average Bonchev–Trinajstić information content (AvgIpc) is 2.45. The zero-order valence-electron chi connectivity index (χ0n) is 11.1. The third kappa shape index (κ3) is 3.68. The highest BCUT2D eigenvalue weighted by Crippen LogP contribution is 2.22. The van der Waals surface area contributed by atoms with Gasteiger partial charge in [-0.15, -0.1) is 0 Å². The van der Waals surface area contributed by atoms with Gasteiger partial charge < -0.3 is 19.9 Å². The van der Waals surface area contributed by atoms with E-state index in [1.54, 1.807) is 13.2 Å². The molecule has 2 rings (SSSR count). The summed E-state index contributed by atoms with van der Waals surface area (Å²) in [5.74, 6) is 0.812. The summed E-state index contributed by atoms with van der Waals surface area (Å²) in [6.07, 6.45) is 2.09. The van der Waals surface area contributed by atoms with Gasteiger partial charge >= 0.3 is 0 Å². The molecule has 1 saturated heterocycles. The van der Waals surface area contributed by atoms with Gasteiger partial charge in [0.2, 0.25) is 0 Å². The summed E-state index contributed by atoms with van der Waals surface area (Å²) >= 11 is 0. The Morgan fingerprint density at radius 2 is 2.16 bits per heavy atom. The Morgan fingerprint density at radius 3 is 2.79 bits per heavy atom. The Hall–Kier alpha value is -1.59. The van der Waals surface area contributed by atoms with Crippen molar-refractivity contribution < 1.29 is 14.2 Å². The minimum absolute atomic E-state index is 0.0509. The van der Waals surface area contributed by atoms with Crippen LogP contribution < -0.4 is 10.5 Å². The van der Waals surface area contributed by atoms with Crippen molar-refractivity contribution in [1.82, 2.24) is 0 Å². The maximum Gasteiger partial charge on any atom is 0.124 e. The monoisotopic (exact) mass is 264 g/mol. The summed E-state index contributed by atoms with van der Waals surface area (Å²) < 4.78 is 16.5. The molecular formula is C14H20N2O3. The summed E-state index contributed by atoms with van der Waals surface area (Å²) in [5, 5.41) is 7.47. The van der Waals surface area contributed by atoms with Crippen LogP contribution in [0.4, 0.5) is 0 Å². The normalized spacial score (nSPS) is 16.3. The van der Waals surface area contributed by atoms with Crippen LogP contribution in [-0.4, -0.2) is 32.3 Å². The Bertz CT molecular complexity index is 442. The molecule has 1 heterocycles. The van der Waals surface area contributed by atoms with Crippen molar-refractivity contribution in [2.45, 2.75) is 25.6 Å². The van der Waals surface area contributed by atoms with Crippen molar-refractivity contribution >= 4 is 5.84 Å². The number of hydrogen-bond donors (Lipinski definition) is 2. The van der Waals surface area contributed by atoms with E-state index < -0.39 is 0 Å². The summed E-state index contributed by atoms with van der Waals surface area (Å²) in [7, 11) is 1.63. The highest BCUT2D eigenvalue weighted by molar-refractivity contribution is 5.95. The highest BCUT2D eigenvalue weighted by atomic mass is 16.5. The smallest absolute Gasteiger partial charge is 0.124 e. The second-order valence-corrected chi connectivity index (χ2v) is 4.56. The van der Waals surface area contributed by atoms with Gasteiger partial charge in [-0.1, -0.05) is 0 Å². The van der Waals surface area contributed by atoms with Crippen LogP contribution >= 0.6 is 0 Å². The number of nitrogens with two attached hydrogens (primary N) is 1. The number of hydrogen-bond acceptors (Lipinski definition) is 4. The minimum atomic E-state index is 0.0509. The number of nitrogens with one attached hydrogen (secondary N) is 1. The molecule has 0 atom stereocenters. The molecule has 0 saturated carbocycles. The van der Waals surface area contributed by atoms with Crippen LogP contribution in [0.3, 0.4) is 0 Å². The SMILES string of the molecule is COc1ccc(C(=N)N)cc1COC1CCOCC1. The van der Waals surface area contributed by atoms with E-state index in [2.05, 4.69) is 0 Å². The first-order valence-corrected chi connectivity index (χ1v) is 6.41. The van der Waals surface area contributed by atoms with Gasteiger partial charge in [-0.25, -0.2) is 0 Å². The standard InChI is InChI=1S/C14H20N2O3/c1-17-13-3-2-10(14(15)16)8-11(13)9-19-12-4-6-18-7-5-12/h2-3,8,12H,4-7,9H2,1H3,(H3,15,16). The molecule has 0 aromatic heterocycles. The van der Waals surface area contributed by atoms with E-state index in [4.69, 9.17) is 25.4 Å². The molecule has 1 fully saturated rings. The van der Waals surface area contributed by atoms with Crippen LogP contribution in [0.2, 0.25) is 0 Å². The molecule has 0 radical (unpaired) electrons. The Morgan fingerprint density at radius 1 is 1.42 bits per heavy atom. The Labute approximate surface area is 113 Å². The largest absolute Gasteiger partial charge is 0.496 e. The molecule has 0 aliphatic carbocycles. The second-order valence-electron chi connectivity index (χ2n) is 4.56.